The van der Waals surface area contributed by atoms with Gasteiger partial charge in [0, 0.05) is 13.1 Å². The van der Waals surface area contributed by atoms with Crippen LogP contribution in [-0.2, 0) is 15.1 Å². The summed E-state index contributed by atoms with van der Waals surface area (Å²) in [5.41, 5.74) is 4.31. The predicted molar refractivity (Wildman–Crippen MR) is 155 cm³/mol. The molecule has 5 rings (SSSR count). The lowest BCUT2D eigenvalue weighted by molar-refractivity contribution is -0.144. The highest BCUT2D eigenvalue weighted by Crippen LogP contribution is 2.44. The Morgan fingerprint density at radius 1 is 0.846 bits per heavy atom. The monoisotopic (exact) mass is 524 g/mol. The molecule has 39 heavy (non-hydrogen) atoms. The number of hydrogen-bond acceptors (Lipinski definition) is 5. The summed E-state index contributed by atoms with van der Waals surface area (Å²) in [4.78, 5) is 16.7. The van der Waals surface area contributed by atoms with Crippen molar-refractivity contribution >= 4 is 5.97 Å². The smallest absolute Gasteiger partial charge is 0.320 e. The van der Waals surface area contributed by atoms with Gasteiger partial charge >= 0.3 is 5.97 Å². The van der Waals surface area contributed by atoms with Crippen molar-refractivity contribution in [2.75, 3.05) is 39.3 Å². The number of aliphatic hydroxyl groups excluding tert-OH is 1. The molecule has 2 saturated heterocycles. The van der Waals surface area contributed by atoms with E-state index in [0.29, 0.717) is 32.0 Å². The number of rotatable bonds is 8. The van der Waals surface area contributed by atoms with Gasteiger partial charge in [0.2, 0.25) is 0 Å². The number of benzene rings is 3. The van der Waals surface area contributed by atoms with Crippen LogP contribution in [0.1, 0.15) is 42.9 Å². The molecule has 2 aliphatic rings. The van der Waals surface area contributed by atoms with Crippen LogP contribution in [0.4, 0.5) is 0 Å². The van der Waals surface area contributed by atoms with Gasteiger partial charge in [-0.25, -0.2) is 0 Å². The van der Waals surface area contributed by atoms with E-state index in [4.69, 9.17) is 4.74 Å². The van der Waals surface area contributed by atoms with Gasteiger partial charge in [0.05, 0.1) is 24.8 Å². The van der Waals surface area contributed by atoms with Crippen molar-refractivity contribution < 1.29 is 14.6 Å². The van der Waals surface area contributed by atoms with E-state index < -0.39 is 11.6 Å². The minimum atomic E-state index is -0.480. The largest absolute Gasteiger partial charge is 0.465 e. The van der Waals surface area contributed by atoms with Gasteiger partial charge in [-0.05, 0) is 67.5 Å². The van der Waals surface area contributed by atoms with Gasteiger partial charge in [0.25, 0.3) is 0 Å². The van der Waals surface area contributed by atoms with E-state index in [1.165, 1.54) is 16.7 Å². The third-order valence-corrected chi connectivity index (χ3v) is 8.26. The number of carbonyl (C=O) groups excluding carboxylic acids is 1. The van der Waals surface area contributed by atoms with Gasteiger partial charge in [-0.15, -0.1) is 0 Å². The van der Waals surface area contributed by atoms with Gasteiger partial charge in [-0.2, -0.15) is 0 Å². The first-order valence-corrected chi connectivity index (χ1v) is 14.3. The summed E-state index contributed by atoms with van der Waals surface area (Å²) < 4.78 is 5.13. The van der Waals surface area contributed by atoms with E-state index in [1.54, 1.807) is 0 Å². The molecule has 1 N–H and O–H groups in total. The molecular formula is C34H40N2O3. The Kier molecular flexibility index (Phi) is 8.92. The highest BCUT2D eigenvalue weighted by atomic mass is 16.5. The van der Waals surface area contributed by atoms with E-state index >= 15 is 0 Å². The zero-order chi connectivity index (χ0) is 27.1. The van der Waals surface area contributed by atoms with Crippen molar-refractivity contribution in [3.63, 3.8) is 0 Å². The topological polar surface area (TPSA) is 53.0 Å². The maximum absolute atomic E-state index is 11.9. The number of allylic oxidation sites excluding steroid dienone is 1. The molecule has 0 saturated carbocycles. The summed E-state index contributed by atoms with van der Waals surface area (Å²) in [6, 6.07) is 32.3. The fraction of sp³-hybridized carbons (Fsp3) is 0.382. The van der Waals surface area contributed by atoms with Crippen LogP contribution in [0, 0.1) is 5.92 Å². The number of likely N-dealkylation sites (tertiary alicyclic amines) is 2. The Bertz CT molecular complexity index is 1120. The normalized spacial score (nSPS) is 20.7. The lowest BCUT2D eigenvalue weighted by Crippen LogP contribution is -2.53. The van der Waals surface area contributed by atoms with Crippen LogP contribution in [0.3, 0.4) is 0 Å². The minimum absolute atomic E-state index is 0.147. The highest BCUT2D eigenvalue weighted by molar-refractivity contribution is 5.71. The fourth-order valence-electron chi connectivity index (χ4n) is 6.37. The van der Waals surface area contributed by atoms with Crippen molar-refractivity contribution in [1.29, 1.82) is 0 Å². The number of ether oxygens (including phenoxy) is 1. The minimum Gasteiger partial charge on any atom is -0.465 e. The standard InChI is InChI=1S/C34H40N2O3/c1-2-39-33(38)26-35-21-18-27(19-22-35)24-28-25-36(23-20-32(28)37)34(29-12-6-3-7-13-29,30-14-8-4-9-15-30)31-16-10-5-11-17-31/h3-17,24,27,32,37H,2,18-23,25-26H2,1H3/b28-24-. The molecule has 2 aliphatic heterocycles. The summed E-state index contributed by atoms with van der Waals surface area (Å²) in [6.45, 7) is 5.85. The Morgan fingerprint density at radius 3 is 1.85 bits per heavy atom. The van der Waals surface area contributed by atoms with Crippen molar-refractivity contribution in [3.05, 3.63) is 119 Å². The molecule has 0 spiro atoms. The van der Waals surface area contributed by atoms with Gasteiger partial charge in [0.1, 0.15) is 0 Å². The maximum atomic E-state index is 11.9. The number of aliphatic hydroxyl groups is 1. The van der Waals surface area contributed by atoms with E-state index in [-0.39, 0.29) is 5.97 Å². The molecule has 2 heterocycles. The van der Waals surface area contributed by atoms with Crippen LogP contribution < -0.4 is 0 Å². The van der Waals surface area contributed by atoms with Gasteiger partial charge < -0.3 is 9.84 Å². The SMILES string of the molecule is CCOC(=O)CN1CCC(/C=C2/CN(C(c3ccccc3)(c3ccccc3)c3ccccc3)CCC2O)CC1. The summed E-state index contributed by atoms with van der Waals surface area (Å²) >= 11 is 0. The predicted octanol–water partition coefficient (Wildman–Crippen LogP) is 5.25. The van der Waals surface area contributed by atoms with Gasteiger partial charge in [-0.3, -0.25) is 14.6 Å². The van der Waals surface area contributed by atoms with Gasteiger partial charge in [-0.1, -0.05) is 97.1 Å². The Labute approximate surface area is 232 Å². The number of nitrogens with zero attached hydrogens (tertiary/aromatic N) is 2. The molecule has 204 valence electrons. The van der Waals surface area contributed by atoms with Crippen LogP contribution in [0.15, 0.2) is 103 Å². The Balaban J connectivity index is 1.46. The fourth-order valence-corrected chi connectivity index (χ4v) is 6.37. The molecule has 2 fully saturated rings. The highest BCUT2D eigenvalue weighted by Gasteiger charge is 2.44. The van der Waals surface area contributed by atoms with E-state index in [2.05, 4.69) is 107 Å². The van der Waals surface area contributed by atoms with E-state index in [9.17, 15) is 9.90 Å². The van der Waals surface area contributed by atoms with Crippen molar-refractivity contribution in [2.24, 2.45) is 5.92 Å². The second kappa shape index (κ2) is 12.7. The van der Waals surface area contributed by atoms with Crippen molar-refractivity contribution in [2.45, 2.75) is 37.8 Å². The first kappa shape index (κ1) is 27.3. The molecule has 3 aromatic carbocycles. The van der Waals surface area contributed by atoms with E-state index in [1.807, 2.05) is 6.92 Å². The van der Waals surface area contributed by atoms with Crippen molar-refractivity contribution in [1.82, 2.24) is 9.80 Å². The summed E-state index contributed by atoms with van der Waals surface area (Å²) in [5.74, 6) is 0.249. The summed E-state index contributed by atoms with van der Waals surface area (Å²) in [5, 5.41) is 11.2. The molecule has 0 radical (unpaired) electrons. The quantitative estimate of drug-likeness (QED) is 0.248. The van der Waals surface area contributed by atoms with Crippen LogP contribution in [0.25, 0.3) is 0 Å². The zero-order valence-corrected chi connectivity index (χ0v) is 22.9. The van der Waals surface area contributed by atoms with Crippen LogP contribution in [0.5, 0.6) is 0 Å². The molecule has 5 nitrogen and oxygen atoms in total. The second-order valence-electron chi connectivity index (χ2n) is 10.7. The third-order valence-electron chi connectivity index (χ3n) is 8.26. The molecular weight excluding hydrogens is 484 g/mol. The molecule has 5 heteroatoms. The number of piperidine rings is 2. The summed E-state index contributed by atoms with van der Waals surface area (Å²) in [6.07, 6.45) is 4.57. The second-order valence-corrected chi connectivity index (χ2v) is 10.7. The zero-order valence-electron chi connectivity index (χ0n) is 22.9. The average Bonchev–Trinajstić information content (AvgIpc) is 2.98. The van der Waals surface area contributed by atoms with Crippen LogP contribution >= 0.6 is 0 Å². The third kappa shape index (κ3) is 6.01. The van der Waals surface area contributed by atoms with Crippen LogP contribution in [0.2, 0.25) is 0 Å². The number of esters is 1. The molecule has 1 unspecified atom stereocenters. The molecule has 0 amide bonds. The number of hydrogen-bond donors (Lipinski definition) is 1. The molecule has 0 bridgehead atoms. The Morgan fingerprint density at radius 2 is 1.36 bits per heavy atom. The Hall–Kier alpha value is -3.25. The molecule has 3 aromatic rings. The molecule has 0 aliphatic carbocycles. The van der Waals surface area contributed by atoms with Crippen molar-refractivity contribution in [3.8, 4) is 0 Å². The lowest BCUT2D eigenvalue weighted by Gasteiger charge is -2.48. The average molecular weight is 525 g/mol. The molecule has 1 atom stereocenters. The summed E-state index contributed by atoms with van der Waals surface area (Å²) in [7, 11) is 0. The first-order chi connectivity index (χ1) is 19.1. The maximum Gasteiger partial charge on any atom is 0.320 e. The lowest BCUT2D eigenvalue weighted by atomic mass is 9.74. The number of carbonyl (C=O) groups is 1. The van der Waals surface area contributed by atoms with E-state index in [0.717, 1.165) is 38.0 Å². The van der Waals surface area contributed by atoms with Crippen LogP contribution in [-0.4, -0.2) is 66.3 Å². The molecule has 0 aromatic heterocycles. The first-order valence-electron chi connectivity index (χ1n) is 14.3. The van der Waals surface area contributed by atoms with Gasteiger partial charge in [0.15, 0.2) is 0 Å².